The molecule has 2 saturated heterocycles. The molecule has 15 heteroatoms. The molecule has 4 aromatic carbocycles. The molecule has 6 atom stereocenters. The molecular formula is C42H35Cl2N3O10. The lowest BCUT2D eigenvalue weighted by Crippen LogP contribution is -2.53. The van der Waals surface area contributed by atoms with Gasteiger partial charge in [0.05, 0.1) is 66.5 Å². The molecule has 57 heavy (non-hydrogen) atoms. The number of aromatic carboxylic acids is 1. The van der Waals surface area contributed by atoms with Crippen LogP contribution < -0.4 is 24.5 Å². The first-order valence-electron chi connectivity index (χ1n) is 18.0. The van der Waals surface area contributed by atoms with E-state index in [-0.39, 0.29) is 57.6 Å². The maximum Gasteiger partial charge on any atom is 0.335 e. The van der Waals surface area contributed by atoms with Gasteiger partial charge in [-0.25, -0.2) is 4.79 Å². The number of rotatable bonds is 9. The number of carbonyl (C=O) groups is 5. The summed E-state index contributed by atoms with van der Waals surface area (Å²) in [6.45, 7) is 0. The Labute approximate surface area is 336 Å². The largest absolute Gasteiger partial charge is 0.507 e. The summed E-state index contributed by atoms with van der Waals surface area (Å²) < 4.78 is 16.8. The van der Waals surface area contributed by atoms with Gasteiger partial charge in [0.15, 0.2) is 0 Å². The number of hydrogen-bond acceptors (Lipinski definition) is 10. The molecule has 0 unspecified atom stereocenters. The Morgan fingerprint density at radius 3 is 2.25 bits per heavy atom. The molecule has 0 bridgehead atoms. The maximum atomic E-state index is 15.6. The fraction of sp³-hybridized carbons (Fsp3) is 0.262. The minimum absolute atomic E-state index is 0.0477. The highest BCUT2D eigenvalue weighted by Crippen LogP contribution is 2.66. The summed E-state index contributed by atoms with van der Waals surface area (Å²) in [5, 5.41) is 23.0. The molecule has 292 valence electrons. The summed E-state index contributed by atoms with van der Waals surface area (Å²) in [6.07, 6.45) is 1.86. The summed E-state index contributed by atoms with van der Waals surface area (Å²) in [5.41, 5.74) is 2.54. The third-order valence-electron chi connectivity index (χ3n) is 11.8. The van der Waals surface area contributed by atoms with Crippen molar-refractivity contribution in [2.75, 3.05) is 31.7 Å². The van der Waals surface area contributed by atoms with Gasteiger partial charge in [0, 0.05) is 28.6 Å². The molecule has 8 rings (SSSR count). The number of methoxy groups -OCH3 is 3. The Hall–Kier alpha value is -6.05. The van der Waals surface area contributed by atoms with Crippen molar-refractivity contribution in [2.24, 2.45) is 23.7 Å². The first-order chi connectivity index (χ1) is 27.3. The number of fused-ring (bicyclic) bond motifs is 4. The van der Waals surface area contributed by atoms with Crippen LogP contribution in [0.1, 0.15) is 40.2 Å². The van der Waals surface area contributed by atoms with Crippen molar-refractivity contribution in [2.45, 2.75) is 24.2 Å². The van der Waals surface area contributed by atoms with E-state index in [1.165, 1.54) is 63.8 Å². The highest BCUT2D eigenvalue weighted by molar-refractivity contribution is 6.36. The van der Waals surface area contributed by atoms with E-state index < -0.39 is 64.6 Å². The van der Waals surface area contributed by atoms with Crippen molar-refractivity contribution in [3.63, 3.8) is 0 Å². The minimum Gasteiger partial charge on any atom is -0.507 e. The molecule has 2 aliphatic carbocycles. The summed E-state index contributed by atoms with van der Waals surface area (Å²) >= 11 is 12.7. The van der Waals surface area contributed by atoms with Gasteiger partial charge in [-0.2, -0.15) is 5.01 Å². The molecule has 2 aliphatic heterocycles. The molecule has 2 heterocycles. The highest BCUT2D eigenvalue weighted by Gasteiger charge is 2.71. The number of halogens is 2. The average Bonchev–Trinajstić information content (AvgIpc) is 3.59. The number of ether oxygens (including phenoxy) is 3. The van der Waals surface area contributed by atoms with Crippen LogP contribution in [0.3, 0.4) is 0 Å². The number of carboxylic acids is 1. The van der Waals surface area contributed by atoms with Crippen molar-refractivity contribution in [3.8, 4) is 23.0 Å². The Balaban J connectivity index is 1.36. The fourth-order valence-corrected chi connectivity index (χ4v) is 9.80. The van der Waals surface area contributed by atoms with Gasteiger partial charge in [0.25, 0.3) is 11.8 Å². The number of benzene rings is 4. The second-order valence-electron chi connectivity index (χ2n) is 14.3. The maximum absolute atomic E-state index is 15.6. The molecule has 3 fully saturated rings. The number of phenols is 1. The summed E-state index contributed by atoms with van der Waals surface area (Å²) in [4.78, 5) is 72.3. The molecule has 4 aliphatic rings. The third-order valence-corrected chi connectivity index (χ3v) is 12.3. The van der Waals surface area contributed by atoms with E-state index in [2.05, 4.69) is 5.43 Å². The van der Waals surface area contributed by atoms with Gasteiger partial charge < -0.3 is 24.4 Å². The van der Waals surface area contributed by atoms with Crippen LogP contribution in [0.25, 0.3) is 0 Å². The second-order valence-corrected chi connectivity index (χ2v) is 15.2. The molecule has 3 N–H and O–H groups in total. The van der Waals surface area contributed by atoms with E-state index in [9.17, 15) is 24.6 Å². The van der Waals surface area contributed by atoms with Gasteiger partial charge in [-0.15, -0.1) is 0 Å². The van der Waals surface area contributed by atoms with Crippen LogP contribution in [0.15, 0.2) is 90.5 Å². The number of hydrogen-bond donors (Lipinski definition) is 3. The van der Waals surface area contributed by atoms with E-state index in [0.717, 1.165) is 9.91 Å². The molecule has 4 aromatic rings. The molecule has 0 aromatic heterocycles. The zero-order valence-electron chi connectivity index (χ0n) is 30.7. The average molecular weight is 813 g/mol. The number of carboxylic acid groups (broad SMARTS) is 1. The lowest BCUT2D eigenvalue weighted by atomic mass is 9.49. The van der Waals surface area contributed by atoms with Crippen molar-refractivity contribution >= 4 is 64.2 Å². The lowest BCUT2D eigenvalue weighted by Gasteiger charge is -2.50. The van der Waals surface area contributed by atoms with Gasteiger partial charge in [-0.1, -0.05) is 53.1 Å². The standard InChI is InChI=1S/C42H35Cl2N3O10/c1-55-24-10-7-21(8-11-24)42-29(38(50)47(41(42)54)45-31-14-9-22(43)16-30(31)44)19-28-26(36(42)35-32(48)17-25(56-2)18-33(35)57-3)12-13-27-34(28)39(51)46(37(27)49)23-6-4-5-20(15-23)40(52)53/h4-12,14-18,27-29,34,36,45,48H,13,19H2,1-3H3,(H,52,53)/t27-,28+,29-,34-,36+,42+/m0/s1. The topological polar surface area (TPSA) is 172 Å². The van der Waals surface area contributed by atoms with Crippen LogP contribution in [0, 0.1) is 23.7 Å². The smallest absolute Gasteiger partial charge is 0.335 e. The summed E-state index contributed by atoms with van der Waals surface area (Å²) in [7, 11) is 4.33. The Bertz CT molecular complexity index is 2420. The Morgan fingerprint density at radius 1 is 0.842 bits per heavy atom. The van der Waals surface area contributed by atoms with Gasteiger partial charge in [0.1, 0.15) is 23.0 Å². The normalized spacial score (nSPS) is 25.1. The number of amides is 4. The van der Waals surface area contributed by atoms with Crippen LogP contribution in [0.2, 0.25) is 10.0 Å². The van der Waals surface area contributed by atoms with Crippen LogP contribution in [0.4, 0.5) is 11.4 Å². The zero-order chi connectivity index (χ0) is 40.5. The van der Waals surface area contributed by atoms with Crippen LogP contribution in [-0.4, -0.2) is 66.1 Å². The number of anilines is 2. The number of phenolic OH excluding ortho intramolecular Hbond substituents is 1. The number of allylic oxidation sites excluding steroid dienone is 2. The number of hydrazine groups is 1. The van der Waals surface area contributed by atoms with Crippen LogP contribution in [-0.2, 0) is 24.6 Å². The molecule has 4 amide bonds. The van der Waals surface area contributed by atoms with Crippen molar-refractivity contribution in [1.82, 2.24) is 5.01 Å². The third kappa shape index (κ3) is 5.70. The first kappa shape index (κ1) is 37.9. The van der Waals surface area contributed by atoms with Gasteiger partial charge >= 0.3 is 5.97 Å². The second kappa shape index (κ2) is 14.2. The van der Waals surface area contributed by atoms with Gasteiger partial charge in [0.2, 0.25) is 11.8 Å². The monoisotopic (exact) mass is 811 g/mol. The van der Waals surface area contributed by atoms with Crippen molar-refractivity contribution < 1.29 is 48.4 Å². The molecular weight excluding hydrogens is 777 g/mol. The van der Waals surface area contributed by atoms with Crippen LogP contribution >= 0.6 is 23.2 Å². The van der Waals surface area contributed by atoms with Crippen molar-refractivity contribution in [1.29, 1.82) is 0 Å². The van der Waals surface area contributed by atoms with E-state index in [1.807, 2.05) is 6.08 Å². The van der Waals surface area contributed by atoms with Gasteiger partial charge in [-0.05, 0) is 72.9 Å². The Morgan fingerprint density at radius 2 is 1.58 bits per heavy atom. The quantitative estimate of drug-likeness (QED) is 0.123. The van der Waals surface area contributed by atoms with Gasteiger partial charge in [-0.3, -0.25) is 29.5 Å². The SMILES string of the molecule is COc1ccc([C@@]23C(=O)N(Nc4ccc(Cl)cc4Cl)C(=O)[C@@H]2C[C@@H]2C(=CC[C@@H]4C(=O)N(c5cccc(C(=O)O)c5)C(=O)[C@@H]42)[C@@H]3c2c(O)cc(OC)cc2OC)cc1. The number of nitrogens with zero attached hydrogens (tertiary/aromatic N) is 2. The highest BCUT2D eigenvalue weighted by atomic mass is 35.5. The van der Waals surface area contributed by atoms with Crippen LogP contribution in [0.5, 0.6) is 23.0 Å². The van der Waals surface area contributed by atoms with E-state index in [1.54, 1.807) is 36.4 Å². The minimum atomic E-state index is -1.77. The lowest BCUT2D eigenvalue weighted by molar-refractivity contribution is -0.138. The fourth-order valence-electron chi connectivity index (χ4n) is 9.35. The summed E-state index contributed by atoms with van der Waals surface area (Å²) in [5.74, 6) is -7.96. The molecule has 1 saturated carbocycles. The predicted molar refractivity (Wildman–Crippen MR) is 208 cm³/mol. The number of aromatic hydroxyl groups is 1. The number of carbonyl (C=O) groups excluding carboxylic acids is 4. The molecule has 0 spiro atoms. The molecule has 0 radical (unpaired) electrons. The zero-order valence-corrected chi connectivity index (χ0v) is 32.2. The predicted octanol–water partition coefficient (Wildman–Crippen LogP) is 6.61. The van der Waals surface area contributed by atoms with Crippen molar-refractivity contribution in [3.05, 3.63) is 117 Å². The number of nitrogens with one attached hydrogen (secondary N) is 1. The van der Waals surface area contributed by atoms with E-state index >= 15 is 9.59 Å². The number of imide groups is 2. The first-order valence-corrected chi connectivity index (χ1v) is 18.7. The van der Waals surface area contributed by atoms with E-state index in [4.69, 9.17) is 37.4 Å². The Kier molecular flexibility index (Phi) is 9.40. The van der Waals surface area contributed by atoms with E-state index in [0.29, 0.717) is 21.9 Å². The molecule has 13 nitrogen and oxygen atoms in total. The summed E-state index contributed by atoms with van der Waals surface area (Å²) in [6, 6.07) is 19.8.